The summed E-state index contributed by atoms with van der Waals surface area (Å²) in [6.45, 7) is 5.06. The number of amides is 1. The van der Waals surface area contributed by atoms with Gasteiger partial charge in [0.05, 0.1) is 23.0 Å². The number of aliphatic hydroxyl groups is 1. The monoisotopic (exact) mass is 563 g/mol. The lowest BCUT2D eigenvalue weighted by atomic mass is 9.99. The highest BCUT2D eigenvalue weighted by Crippen LogP contribution is 2.22. The van der Waals surface area contributed by atoms with E-state index in [0.717, 1.165) is 17.7 Å². The van der Waals surface area contributed by atoms with Crippen LogP contribution in [0.4, 0.5) is 5.69 Å². The highest BCUT2D eigenvalue weighted by molar-refractivity contribution is 7.92. The fourth-order valence-electron chi connectivity index (χ4n) is 4.10. The number of hydrogen-bond donors (Lipinski definition) is 5. The Morgan fingerprint density at radius 3 is 2.45 bits per heavy atom. The summed E-state index contributed by atoms with van der Waals surface area (Å²) in [5, 5.41) is 23.0. The second-order valence-corrected chi connectivity index (χ2v) is 11.8. The summed E-state index contributed by atoms with van der Waals surface area (Å²) >= 11 is 0. The SMILES string of the molecule is CC(C)(CCn1cnc(-c2ccc(C(=O)NO)cc2)c1)NC[C@H](O)c1cccc(NS(=O)(=O)c2ccccc2)c1. The van der Waals surface area contributed by atoms with E-state index in [2.05, 4.69) is 15.0 Å². The molecule has 4 aromatic rings. The number of benzene rings is 3. The molecule has 1 aromatic heterocycles. The van der Waals surface area contributed by atoms with E-state index in [9.17, 15) is 18.3 Å². The number of imidazole rings is 1. The third kappa shape index (κ3) is 7.54. The molecule has 1 heterocycles. The van der Waals surface area contributed by atoms with Gasteiger partial charge in [-0.05, 0) is 62.2 Å². The van der Waals surface area contributed by atoms with Crippen molar-refractivity contribution in [2.24, 2.45) is 0 Å². The van der Waals surface area contributed by atoms with Crippen LogP contribution in [-0.4, -0.2) is 46.3 Å². The van der Waals surface area contributed by atoms with Crippen molar-refractivity contribution in [3.05, 3.63) is 103 Å². The summed E-state index contributed by atoms with van der Waals surface area (Å²) in [7, 11) is -3.73. The average Bonchev–Trinajstić information content (AvgIpc) is 3.44. The van der Waals surface area contributed by atoms with E-state index in [1.165, 1.54) is 12.1 Å². The van der Waals surface area contributed by atoms with E-state index >= 15 is 0 Å². The van der Waals surface area contributed by atoms with Crippen LogP contribution in [0.25, 0.3) is 11.3 Å². The van der Waals surface area contributed by atoms with E-state index in [1.54, 1.807) is 78.5 Å². The minimum Gasteiger partial charge on any atom is -0.387 e. The third-order valence-corrected chi connectivity index (χ3v) is 7.92. The van der Waals surface area contributed by atoms with E-state index in [1.807, 2.05) is 24.6 Å². The first-order valence-corrected chi connectivity index (χ1v) is 14.2. The molecule has 0 fully saturated rings. The number of sulfonamides is 1. The number of carbonyl (C=O) groups excluding carboxylic acids is 1. The van der Waals surface area contributed by atoms with Crippen molar-refractivity contribution in [2.75, 3.05) is 11.3 Å². The van der Waals surface area contributed by atoms with Gasteiger partial charge in [0.1, 0.15) is 0 Å². The van der Waals surface area contributed by atoms with E-state index in [4.69, 9.17) is 5.21 Å². The summed E-state index contributed by atoms with van der Waals surface area (Å²) in [5.41, 5.74) is 4.24. The standard InChI is InChI=1S/C29H33N5O5S/c1-29(2,15-16-34-19-26(30-20-34)21-11-13-22(14-12-21)28(36)32-37)31-18-27(35)23-7-6-8-24(17-23)33-40(38,39)25-9-4-3-5-10-25/h3-14,17,19-20,27,31,33,35,37H,15-16,18H2,1-2H3,(H,32,36)/t27-/m0/s1. The summed E-state index contributed by atoms with van der Waals surface area (Å²) < 4.78 is 29.8. The normalized spacial score (nSPS) is 12.6. The molecule has 0 radical (unpaired) electrons. The molecule has 11 heteroatoms. The van der Waals surface area contributed by atoms with Gasteiger partial charge in [0.2, 0.25) is 0 Å². The van der Waals surface area contributed by atoms with Crippen LogP contribution in [0.1, 0.15) is 42.3 Å². The largest absolute Gasteiger partial charge is 0.387 e. The number of carbonyl (C=O) groups is 1. The minimum absolute atomic E-state index is 0.166. The van der Waals surface area contributed by atoms with Crippen LogP contribution in [-0.2, 0) is 16.6 Å². The van der Waals surface area contributed by atoms with Gasteiger partial charge in [0.15, 0.2) is 0 Å². The smallest absolute Gasteiger partial charge is 0.274 e. The zero-order valence-electron chi connectivity index (χ0n) is 22.3. The molecule has 0 bridgehead atoms. The summed E-state index contributed by atoms with van der Waals surface area (Å²) in [4.78, 5) is 16.1. The van der Waals surface area contributed by atoms with Crippen LogP contribution in [0.5, 0.6) is 0 Å². The zero-order chi connectivity index (χ0) is 28.8. The van der Waals surface area contributed by atoms with Crippen LogP contribution in [0.15, 0.2) is 96.3 Å². The molecule has 5 N–H and O–H groups in total. The summed E-state index contributed by atoms with van der Waals surface area (Å²) in [6, 6.07) is 21.6. The first-order valence-electron chi connectivity index (χ1n) is 12.7. The number of nitrogens with zero attached hydrogens (tertiary/aromatic N) is 2. The molecule has 0 unspecified atom stereocenters. The third-order valence-electron chi connectivity index (χ3n) is 6.52. The maximum absolute atomic E-state index is 12.6. The Hall–Kier alpha value is -4.03. The van der Waals surface area contributed by atoms with Gasteiger partial charge in [0, 0.05) is 41.6 Å². The summed E-state index contributed by atoms with van der Waals surface area (Å²) in [6.07, 6.45) is 3.59. The Morgan fingerprint density at radius 2 is 1.75 bits per heavy atom. The molecule has 0 aliphatic heterocycles. The Balaban J connectivity index is 1.30. The van der Waals surface area contributed by atoms with Gasteiger partial charge >= 0.3 is 0 Å². The predicted octanol–water partition coefficient (Wildman–Crippen LogP) is 3.96. The topological polar surface area (TPSA) is 146 Å². The molecule has 10 nitrogen and oxygen atoms in total. The number of aryl methyl sites for hydroxylation is 1. The second-order valence-electron chi connectivity index (χ2n) is 10.1. The maximum atomic E-state index is 12.6. The fourth-order valence-corrected chi connectivity index (χ4v) is 5.17. The number of hydrogen-bond acceptors (Lipinski definition) is 7. The molecule has 0 aliphatic rings. The first-order chi connectivity index (χ1) is 19.1. The van der Waals surface area contributed by atoms with Gasteiger partial charge in [-0.25, -0.2) is 18.9 Å². The van der Waals surface area contributed by atoms with Gasteiger partial charge < -0.3 is 15.0 Å². The number of aromatic nitrogens is 2. The Labute approximate surface area is 233 Å². The number of hydroxylamine groups is 1. The summed E-state index contributed by atoms with van der Waals surface area (Å²) in [5.74, 6) is -0.572. The van der Waals surface area contributed by atoms with Gasteiger partial charge in [-0.2, -0.15) is 0 Å². The number of nitrogens with one attached hydrogen (secondary N) is 3. The van der Waals surface area contributed by atoms with E-state index in [0.29, 0.717) is 23.4 Å². The molecule has 3 aromatic carbocycles. The Kier molecular flexibility index (Phi) is 9.00. The van der Waals surface area contributed by atoms with Crippen LogP contribution in [0, 0.1) is 0 Å². The highest BCUT2D eigenvalue weighted by atomic mass is 32.2. The van der Waals surface area contributed by atoms with Crippen LogP contribution < -0.4 is 15.5 Å². The quantitative estimate of drug-likeness (QED) is 0.130. The maximum Gasteiger partial charge on any atom is 0.274 e. The second kappa shape index (κ2) is 12.4. The average molecular weight is 564 g/mol. The van der Waals surface area contributed by atoms with Crippen molar-refractivity contribution in [1.29, 1.82) is 0 Å². The van der Waals surface area contributed by atoms with Gasteiger partial charge in [-0.1, -0.05) is 42.5 Å². The van der Waals surface area contributed by atoms with Crippen molar-refractivity contribution in [2.45, 2.75) is 43.4 Å². The van der Waals surface area contributed by atoms with Crippen LogP contribution >= 0.6 is 0 Å². The molecule has 0 saturated heterocycles. The van der Waals surface area contributed by atoms with Gasteiger partial charge in [0.25, 0.3) is 15.9 Å². The molecule has 0 saturated carbocycles. The molecule has 1 amide bonds. The van der Waals surface area contributed by atoms with E-state index < -0.39 is 22.0 Å². The number of anilines is 1. The molecular formula is C29H33N5O5S. The predicted molar refractivity (Wildman–Crippen MR) is 152 cm³/mol. The van der Waals surface area contributed by atoms with Crippen LogP contribution in [0.2, 0.25) is 0 Å². The lowest BCUT2D eigenvalue weighted by Gasteiger charge is -2.28. The highest BCUT2D eigenvalue weighted by Gasteiger charge is 2.20. The van der Waals surface area contributed by atoms with Crippen molar-refractivity contribution < 1.29 is 23.5 Å². The lowest BCUT2D eigenvalue weighted by Crippen LogP contribution is -2.42. The van der Waals surface area contributed by atoms with Crippen LogP contribution in [0.3, 0.4) is 0 Å². The first kappa shape index (κ1) is 29.0. The minimum atomic E-state index is -3.73. The van der Waals surface area contributed by atoms with Gasteiger partial charge in [-0.3, -0.25) is 14.7 Å². The van der Waals surface area contributed by atoms with Crippen molar-refractivity contribution in [3.8, 4) is 11.3 Å². The molecule has 40 heavy (non-hydrogen) atoms. The molecule has 1 atom stereocenters. The van der Waals surface area contributed by atoms with E-state index in [-0.39, 0.29) is 17.0 Å². The zero-order valence-corrected chi connectivity index (χ0v) is 23.1. The van der Waals surface area contributed by atoms with Crippen molar-refractivity contribution in [1.82, 2.24) is 20.3 Å². The number of rotatable bonds is 12. The molecule has 0 aliphatic carbocycles. The van der Waals surface area contributed by atoms with Crippen molar-refractivity contribution >= 4 is 21.6 Å². The molecule has 210 valence electrons. The molecular weight excluding hydrogens is 530 g/mol. The molecule has 4 rings (SSSR count). The lowest BCUT2D eigenvalue weighted by molar-refractivity contribution is 0.0706. The fraction of sp³-hybridized carbons (Fsp3) is 0.241. The molecule has 0 spiro atoms. The number of β-amino-alcohol motifs (C(OH)–C–C–N with tert-alkyl or cyclic N) is 1. The Morgan fingerprint density at radius 1 is 1.02 bits per heavy atom. The Bertz CT molecular complexity index is 1540. The van der Waals surface area contributed by atoms with Gasteiger partial charge in [-0.15, -0.1) is 0 Å². The number of aliphatic hydroxyl groups excluding tert-OH is 1. The van der Waals surface area contributed by atoms with Crippen molar-refractivity contribution in [3.63, 3.8) is 0 Å².